The van der Waals surface area contributed by atoms with Crippen molar-refractivity contribution in [2.45, 2.75) is 19.3 Å². The average Bonchev–Trinajstić information content (AvgIpc) is 2.82. The van der Waals surface area contributed by atoms with Crippen LogP contribution >= 0.6 is 15.9 Å². The molecule has 0 bridgehead atoms. The lowest BCUT2D eigenvalue weighted by Crippen LogP contribution is -2.30. The minimum atomic E-state index is -1.02. The van der Waals surface area contributed by atoms with E-state index in [9.17, 15) is 4.79 Å². The number of nitrogens with zero attached hydrogens (tertiary/aromatic N) is 4. The van der Waals surface area contributed by atoms with Crippen LogP contribution in [0.25, 0.3) is 5.65 Å². The largest absolute Gasteiger partial charge is 0.476 e. The first-order valence-corrected chi connectivity index (χ1v) is 6.98. The van der Waals surface area contributed by atoms with Crippen molar-refractivity contribution in [2.24, 2.45) is 0 Å². The first-order chi connectivity index (χ1) is 9.15. The van der Waals surface area contributed by atoms with Crippen LogP contribution in [0.2, 0.25) is 0 Å². The molecule has 0 saturated carbocycles. The van der Waals surface area contributed by atoms with Crippen LogP contribution < -0.4 is 4.90 Å². The number of hydrogen-bond acceptors (Lipinski definition) is 4. The van der Waals surface area contributed by atoms with E-state index in [1.807, 2.05) is 0 Å². The molecule has 1 saturated heterocycles. The van der Waals surface area contributed by atoms with Gasteiger partial charge in [0.05, 0.1) is 0 Å². The third-order valence-corrected chi connectivity index (χ3v) is 3.65. The van der Waals surface area contributed by atoms with E-state index in [1.54, 1.807) is 10.6 Å². The standard InChI is InChI=1S/C12H13BrN4O2/c13-9-7-17-6-8(12(18)19)14-10(17)11(15-9)16-4-2-1-3-5-16/h6-7H,1-5H2,(H,18,19). The van der Waals surface area contributed by atoms with Gasteiger partial charge in [0.2, 0.25) is 0 Å². The van der Waals surface area contributed by atoms with E-state index >= 15 is 0 Å². The number of rotatable bonds is 2. The molecule has 6 nitrogen and oxygen atoms in total. The van der Waals surface area contributed by atoms with Gasteiger partial charge in [0.15, 0.2) is 17.2 Å². The van der Waals surface area contributed by atoms with Gasteiger partial charge in [-0.1, -0.05) is 0 Å². The normalized spacial score (nSPS) is 15.9. The molecule has 0 aliphatic carbocycles. The van der Waals surface area contributed by atoms with E-state index in [-0.39, 0.29) is 5.69 Å². The molecule has 3 rings (SSSR count). The number of carboxylic acid groups (broad SMARTS) is 1. The van der Waals surface area contributed by atoms with Crippen LogP contribution in [-0.4, -0.2) is 38.5 Å². The molecule has 0 atom stereocenters. The zero-order valence-electron chi connectivity index (χ0n) is 10.2. The number of anilines is 1. The summed E-state index contributed by atoms with van der Waals surface area (Å²) in [4.78, 5) is 21.8. The number of aromatic carboxylic acids is 1. The van der Waals surface area contributed by atoms with Crippen LogP contribution in [0.5, 0.6) is 0 Å². The van der Waals surface area contributed by atoms with E-state index < -0.39 is 5.97 Å². The molecule has 100 valence electrons. The third-order valence-electron chi connectivity index (χ3n) is 3.27. The fourth-order valence-corrected chi connectivity index (χ4v) is 2.76. The molecule has 0 aromatic carbocycles. The predicted octanol–water partition coefficient (Wildman–Crippen LogP) is 2.18. The van der Waals surface area contributed by atoms with Crippen LogP contribution in [0.4, 0.5) is 5.82 Å². The molecule has 2 aromatic rings. The van der Waals surface area contributed by atoms with Crippen molar-refractivity contribution in [2.75, 3.05) is 18.0 Å². The van der Waals surface area contributed by atoms with Gasteiger partial charge in [0.1, 0.15) is 4.60 Å². The summed E-state index contributed by atoms with van der Waals surface area (Å²) in [5.41, 5.74) is 0.639. The van der Waals surface area contributed by atoms with Crippen molar-refractivity contribution in [1.29, 1.82) is 0 Å². The Hall–Kier alpha value is -1.63. The Morgan fingerprint density at radius 3 is 2.63 bits per heavy atom. The highest BCUT2D eigenvalue weighted by Gasteiger charge is 2.19. The zero-order chi connectivity index (χ0) is 13.4. The molecule has 1 aliphatic heterocycles. The Morgan fingerprint density at radius 1 is 1.21 bits per heavy atom. The number of halogens is 1. The van der Waals surface area contributed by atoms with Gasteiger partial charge in [-0.2, -0.15) is 0 Å². The third kappa shape index (κ3) is 2.30. The molecule has 1 N–H and O–H groups in total. The Bertz CT molecular complexity index is 634. The molecule has 0 spiro atoms. The molecule has 1 aliphatic rings. The second-order valence-electron chi connectivity index (χ2n) is 4.60. The molecule has 0 radical (unpaired) electrons. The van der Waals surface area contributed by atoms with Gasteiger partial charge in [0, 0.05) is 25.5 Å². The van der Waals surface area contributed by atoms with Gasteiger partial charge in [-0.3, -0.25) is 0 Å². The zero-order valence-corrected chi connectivity index (χ0v) is 11.8. The lowest BCUT2D eigenvalue weighted by molar-refractivity contribution is 0.0691. The van der Waals surface area contributed by atoms with E-state index in [4.69, 9.17) is 5.11 Å². The Balaban J connectivity index is 2.13. The van der Waals surface area contributed by atoms with Gasteiger partial charge >= 0.3 is 5.97 Å². The topological polar surface area (TPSA) is 70.7 Å². The van der Waals surface area contributed by atoms with Gasteiger partial charge in [-0.15, -0.1) is 0 Å². The Labute approximate surface area is 118 Å². The van der Waals surface area contributed by atoms with Gasteiger partial charge in [-0.05, 0) is 35.2 Å². The molecule has 2 aromatic heterocycles. The summed E-state index contributed by atoms with van der Waals surface area (Å²) in [6.45, 7) is 1.88. The van der Waals surface area contributed by atoms with Crippen molar-refractivity contribution in [3.05, 3.63) is 22.7 Å². The summed E-state index contributed by atoms with van der Waals surface area (Å²) in [5.74, 6) is -0.272. The summed E-state index contributed by atoms with van der Waals surface area (Å²) in [7, 11) is 0. The first-order valence-electron chi connectivity index (χ1n) is 6.18. The molecule has 0 unspecified atom stereocenters. The van der Waals surface area contributed by atoms with Crippen LogP contribution in [0.15, 0.2) is 17.0 Å². The second-order valence-corrected chi connectivity index (χ2v) is 5.41. The van der Waals surface area contributed by atoms with Crippen molar-refractivity contribution >= 4 is 33.4 Å². The first kappa shape index (κ1) is 12.4. The maximum absolute atomic E-state index is 11.0. The maximum atomic E-state index is 11.0. The average molecular weight is 325 g/mol. The minimum absolute atomic E-state index is 0.0400. The number of piperidine rings is 1. The fraction of sp³-hybridized carbons (Fsp3) is 0.417. The Kier molecular flexibility index (Phi) is 3.14. The highest BCUT2D eigenvalue weighted by molar-refractivity contribution is 9.10. The SMILES string of the molecule is O=C(O)c1cn2cc(Br)nc(N3CCCCC3)c2n1. The minimum Gasteiger partial charge on any atom is -0.476 e. The summed E-state index contributed by atoms with van der Waals surface area (Å²) in [6.07, 6.45) is 6.73. The number of imidazole rings is 1. The number of carboxylic acids is 1. The predicted molar refractivity (Wildman–Crippen MR) is 73.7 cm³/mol. The quantitative estimate of drug-likeness (QED) is 0.916. The summed E-state index contributed by atoms with van der Waals surface area (Å²) in [5, 5.41) is 9.03. The van der Waals surface area contributed by atoms with Crippen molar-refractivity contribution in [3.8, 4) is 0 Å². The summed E-state index contributed by atoms with van der Waals surface area (Å²) in [6, 6.07) is 0. The molecular weight excluding hydrogens is 312 g/mol. The van der Waals surface area contributed by atoms with Crippen molar-refractivity contribution in [3.63, 3.8) is 0 Å². The number of aromatic nitrogens is 3. The van der Waals surface area contributed by atoms with Crippen molar-refractivity contribution < 1.29 is 9.90 Å². The number of carbonyl (C=O) groups is 1. The molecular formula is C12H13BrN4O2. The molecule has 0 amide bonds. The monoisotopic (exact) mass is 324 g/mol. The van der Waals surface area contributed by atoms with Gasteiger partial charge < -0.3 is 14.4 Å². The highest BCUT2D eigenvalue weighted by Crippen LogP contribution is 2.24. The summed E-state index contributed by atoms with van der Waals surface area (Å²) >= 11 is 3.36. The van der Waals surface area contributed by atoms with Crippen LogP contribution in [0.3, 0.4) is 0 Å². The van der Waals surface area contributed by atoms with Gasteiger partial charge in [-0.25, -0.2) is 14.8 Å². The highest BCUT2D eigenvalue weighted by atomic mass is 79.9. The lowest BCUT2D eigenvalue weighted by atomic mass is 10.1. The van der Waals surface area contributed by atoms with E-state index in [0.717, 1.165) is 31.7 Å². The van der Waals surface area contributed by atoms with E-state index in [2.05, 4.69) is 30.8 Å². The fourth-order valence-electron chi connectivity index (χ4n) is 2.37. The molecule has 19 heavy (non-hydrogen) atoms. The van der Waals surface area contributed by atoms with Gasteiger partial charge in [0.25, 0.3) is 0 Å². The molecule has 7 heteroatoms. The van der Waals surface area contributed by atoms with E-state index in [0.29, 0.717) is 10.3 Å². The van der Waals surface area contributed by atoms with Crippen LogP contribution in [0.1, 0.15) is 29.8 Å². The van der Waals surface area contributed by atoms with E-state index in [1.165, 1.54) is 12.6 Å². The smallest absolute Gasteiger partial charge is 0.356 e. The van der Waals surface area contributed by atoms with Crippen molar-refractivity contribution in [1.82, 2.24) is 14.4 Å². The number of hydrogen-bond donors (Lipinski definition) is 1. The Morgan fingerprint density at radius 2 is 1.95 bits per heavy atom. The summed E-state index contributed by atoms with van der Waals surface area (Å²) < 4.78 is 2.39. The number of fused-ring (bicyclic) bond motifs is 1. The maximum Gasteiger partial charge on any atom is 0.356 e. The molecule has 1 fully saturated rings. The van der Waals surface area contributed by atoms with Crippen LogP contribution in [-0.2, 0) is 0 Å². The lowest BCUT2D eigenvalue weighted by Gasteiger charge is -2.27. The molecule has 3 heterocycles. The van der Waals surface area contributed by atoms with Crippen LogP contribution in [0, 0.1) is 0 Å². The second kappa shape index (κ2) is 4.80.